The van der Waals surface area contributed by atoms with E-state index in [4.69, 9.17) is 9.47 Å². The first kappa shape index (κ1) is 16.1. The van der Waals surface area contributed by atoms with Crippen LogP contribution in [-0.2, 0) is 16.0 Å². The van der Waals surface area contributed by atoms with E-state index in [2.05, 4.69) is 33.4 Å². The van der Waals surface area contributed by atoms with Crippen molar-refractivity contribution in [3.8, 4) is 11.5 Å². The van der Waals surface area contributed by atoms with Crippen molar-refractivity contribution in [2.75, 3.05) is 24.2 Å². The Bertz CT molecular complexity index is 499. The van der Waals surface area contributed by atoms with Crippen LogP contribution in [0.15, 0.2) is 30.5 Å². The SMILES string of the molecule is ICCCOc1ccc2c(c1)CCCO2.O=C1C=COC1. The fraction of sp³-hybridized carbons (Fsp3) is 0.438. The second-order valence-electron chi connectivity index (χ2n) is 4.69. The minimum Gasteiger partial charge on any atom is -0.494 e. The number of carbonyl (C=O) groups excluding carboxylic acids is 1. The summed E-state index contributed by atoms with van der Waals surface area (Å²) in [5.74, 6) is 2.06. The van der Waals surface area contributed by atoms with E-state index in [0.29, 0.717) is 0 Å². The second-order valence-corrected chi connectivity index (χ2v) is 5.77. The Balaban J connectivity index is 0.000000225. The summed E-state index contributed by atoms with van der Waals surface area (Å²) in [4.78, 5) is 10.0. The molecule has 21 heavy (non-hydrogen) atoms. The highest BCUT2D eigenvalue weighted by atomic mass is 127. The molecule has 0 bridgehead atoms. The zero-order chi connectivity index (χ0) is 14.9. The van der Waals surface area contributed by atoms with E-state index < -0.39 is 0 Å². The third kappa shape index (κ3) is 5.57. The molecule has 0 N–H and O–H groups in total. The zero-order valence-corrected chi connectivity index (χ0v) is 14.0. The number of rotatable bonds is 4. The summed E-state index contributed by atoms with van der Waals surface area (Å²) in [6, 6.07) is 6.13. The summed E-state index contributed by atoms with van der Waals surface area (Å²) in [6.45, 7) is 1.89. The molecule has 1 aromatic rings. The summed E-state index contributed by atoms with van der Waals surface area (Å²) in [6.07, 6.45) is 6.15. The first-order chi connectivity index (χ1) is 10.3. The molecule has 0 aliphatic carbocycles. The molecule has 0 fully saturated rings. The van der Waals surface area contributed by atoms with E-state index in [1.54, 1.807) is 0 Å². The number of carbonyl (C=O) groups is 1. The van der Waals surface area contributed by atoms with Gasteiger partial charge in [0.1, 0.15) is 18.1 Å². The molecule has 0 amide bonds. The lowest BCUT2D eigenvalue weighted by Gasteiger charge is -2.17. The Morgan fingerprint density at radius 2 is 2.24 bits per heavy atom. The number of benzene rings is 1. The molecule has 0 saturated heterocycles. The maximum absolute atomic E-state index is 10.0. The lowest BCUT2D eigenvalue weighted by molar-refractivity contribution is -0.115. The Morgan fingerprint density at radius 1 is 1.33 bits per heavy atom. The highest BCUT2D eigenvalue weighted by Gasteiger charge is 2.10. The van der Waals surface area contributed by atoms with Crippen LogP contribution in [0.3, 0.4) is 0 Å². The van der Waals surface area contributed by atoms with Gasteiger partial charge in [0.15, 0.2) is 5.78 Å². The summed E-state index contributed by atoms with van der Waals surface area (Å²) >= 11 is 2.36. The highest BCUT2D eigenvalue weighted by molar-refractivity contribution is 14.1. The van der Waals surface area contributed by atoms with Gasteiger partial charge < -0.3 is 14.2 Å². The van der Waals surface area contributed by atoms with Crippen LogP contribution in [0.4, 0.5) is 0 Å². The summed E-state index contributed by atoms with van der Waals surface area (Å²) in [5.41, 5.74) is 1.29. The monoisotopic (exact) mass is 402 g/mol. The van der Waals surface area contributed by atoms with E-state index >= 15 is 0 Å². The lowest BCUT2D eigenvalue weighted by Crippen LogP contribution is -2.08. The Labute approximate surface area is 138 Å². The van der Waals surface area contributed by atoms with Gasteiger partial charge in [-0.3, -0.25) is 4.79 Å². The zero-order valence-electron chi connectivity index (χ0n) is 11.8. The van der Waals surface area contributed by atoms with Crippen LogP contribution < -0.4 is 9.47 Å². The largest absolute Gasteiger partial charge is 0.494 e. The number of alkyl halides is 1. The molecule has 1 aromatic carbocycles. The molecule has 0 aromatic heterocycles. The third-order valence-corrected chi connectivity index (χ3v) is 3.77. The molecule has 3 rings (SSSR count). The average Bonchev–Trinajstić information content (AvgIpc) is 2.99. The van der Waals surface area contributed by atoms with Crippen LogP contribution in [-0.4, -0.2) is 30.0 Å². The number of hydrogen-bond acceptors (Lipinski definition) is 4. The van der Waals surface area contributed by atoms with Crippen molar-refractivity contribution in [1.82, 2.24) is 0 Å². The standard InChI is InChI=1S/C12H15IO2.C4H4O2/c13-6-2-8-14-11-4-5-12-10(9-11)3-1-7-15-12;5-4-1-2-6-3-4/h4-5,9H,1-3,6-8H2;1-2H,3H2. The van der Waals surface area contributed by atoms with E-state index in [1.165, 1.54) is 17.9 Å². The number of ether oxygens (including phenoxy) is 3. The van der Waals surface area contributed by atoms with Crippen LogP contribution in [0.1, 0.15) is 18.4 Å². The van der Waals surface area contributed by atoms with Gasteiger partial charge in [-0.1, -0.05) is 22.6 Å². The first-order valence-corrected chi connectivity index (χ1v) is 8.57. The number of ketones is 1. The van der Waals surface area contributed by atoms with Crippen molar-refractivity contribution in [1.29, 1.82) is 0 Å². The van der Waals surface area contributed by atoms with Gasteiger partial charge in [-0.15, -0.1) is 0 Å². The normalized spacial score (nSPS) is 15.4. The molecule has 2 heterocycles. The van der Waals surface area contributed by atoms with Gasteiger partial charge >= 0.3 is 0 Å². The van der Waals surface area contributed by atoms with Crippen molar-refractivity contribution >= 4 is 28.4 Å². The number of fused-ring (bicyclic) bond motifs is 1. The van der Waals surface area contributed by atoms with Gasteiger partial charge in [-0.2, -0.15) is 0 Å². The number of hydrogen-bond donors (Lipinski definition) is 0. The molecular weight excluding hydrogens is 383 g/mol. The average molecular weight is 402 g/mol. The fourth-order valence-electron chi connectivity index (χ4n) is 1.97. The molecule has 2 aliphatic heterocycles. The van der Waals surface area contributed by atoms with E-state index in [9.17, 15) is 4.79 Å². The van der Waals surface area contributed by atoms with Crippen molar-refractivity contribution in [2.45, 2.75) is 19.3 Å². The van der Waals surface area contributed by atoms with E-state index in [0.717, 1.165) is 48.4 Å². The van der Waals surface area contributed by atoms with Crippen molar-refractivity contribution < 1.29 is 19.0 Å². The molecular formula is C16H19IO4. The second kappa shape index (κ2) is 8.92. The van der Waals surface area contributed by atoms with Crippen molar-refractivity contribution in [2.24, 2.45) is 0 Å². The van der Waals surface area contributed by atoms with Crippen LogP contribution in [0.5, 0.6) is 11.5 Å². The van der Waals surface area contributed by atoms with Gasteiger partial charge in [-0.25, -0.2) is 0 Å². The molecule has 0 unspecified atom stereocenters. The maximum atomic E-state index is 10.0. The van der Waals surface area contributed by atoms with Crippen molar-refractivity contribution in [3.63, 3.8) is 0 Å². The Morgan fingerprint density at radius 3 is 2.90 bits per heavy atom. The van der Waals surface area contributed by atoms with Gasteiger partial charge in [0.25, 0.3) is 0 Å². The number of halogens is 1. The first-order valence-electron chi connectivity index (χ1n) is 7.05. The van der Waals surface area contributed by atoms with Crippen LogP contribution in [0, 0.1) is 0 Å². The molecule has 0 atom stereocenters. The molecule has 0 radical (unpaired) electrons. The van der Waals surface area contributed by atoms with Crippen molar-refractivity contribution in [3.05, 3.63) is 36.1 Å². The van der Waals surface area contributed by atoms with E-state index in [1.807, 2.05) is 12.1 Å². The minimum atomic E-state index is 0.0509. The lowest BCUT2D eigenvalue weighted by atomic mass is 10.1. The van der Waals surface area contributed by atoms with Gasteiger partial charge in [0.2, 0.25) is 0 Å². The van der Waals surface area contributed by atoms with Crippen LogP contribution >= 0.6 is 22.6 Å². The summed E-state index contributed by atoms with van der Waals surface area (Å²) < 4.78 is 16.9. The molecule has 5 heteroatoms. The molecule has 114 valence electrons. The maximum Gasteiger partial charge on any atom is 0.196 e. The molecule has 4 nitrogen and oxygen atoms in total. The Kier molecular flexibility index (Phi) is 6.85. The predicted octanol–water partition coefficient (Wildman–Crippen LogP) is 3.31. The van der Waals surface area contributed by atoms with Crippen LogP contribution in [0.25, 0.3) is 0 Å². The Hall–Kier alpha value is -1.24. The minimum absolute atomic E-state index is 0.0509. The van der Waals surface area contributed by atoms with Crippen LogP contribution in [0.2, 0.25) is 0 Å². The highest BCUT2D eigenvalue weighted by Crippen LogP contribution is 2.28. The molecule has 0 spiro atoms. The smallest absolute Gasteiger partial charge is 0.196 e. The quantitative estimate of drug-likeness (QED) is 0.441. The third-order valence-electron chi connectivity index (χ3n) is 3.00. The van der Waals surface area contributed by atoms with E-state index in [-0.39, 0.29) is 12.4 Å². The van der Waals surface area contributed by atoms with Gasteiger partial charge in [0, 0.05) is 10.5 Å². The molecule has 2 aliphatic rings. The van der Waals surface area contributed by atoms with Gasteiger partial charge in [-0.05, 0) is 43.0 Å². The summed E-state index contributed by atoms with van der Waals surface area (Å²) in [5, 5.41) is 0. The predicted molar refractivity (Wildman–Crippen MR) is 89.4 cm³/mol. The van der Waals surface area contributed by atoms with Gasteiger partial charge in [0.05, 0.1) is 19.5 Å². The molecule has 0 saturated carbocycles. The number of aryl methyl sites for hydroxylation is 1. The fourth-order valence-corrected chi connectivity index (χ4v) is 2.28. The summed E-state index contributed by atoms with van der Waals surface area (Å²) in [7, 11) is 0. The topological polar surface area (TPSA) is 44.8 Å².